The summed E-state index contributed by atoms with van der Waals surface area (Å²) in [7, 11) is 0. The van der Waals surface area contributed by atoms with Crippen LogP contribution in [0.25, 0.3) is 10.6 Å². The Bertz CT molecular complexity index is 559. The lowest BCUT2D eigenvalue weighted by molar-refractivity contribution is 0.0942. The first-order chi connectivity index (χ1) is 9.33. The minimum atomic E-state index is 0.0200. The summed E-state index contributed by atoms with van der Waals surface area (Å²) in [6, 6.07) is 10.3. The topological polar surface area (TPSA) is 42.0 Å². The van der Waals surface area contributed by atoms with E-state index in [2.05, 4.69) is 10.3 Å². The monoisotopic (exact) mass is 272 g/mol. The number of hydrogen-bond donors (Lipinski definition) is 1. The van der Waals surface area contributed by atoms with E-state index in [0.717, 1.165) is 23.4 Å². The molecule has 1 amide bonds. The van der Waals surface area contributed by atoms with E-state index in [1.165, 1.54) is 24.2 Å². The van der Waals surface area contributed by atoms with Crippen molar-refractivity contribution in [2.24, 2.45) is 0 Å². The summed E-state index contributed by atoms with van der Waals surface area (Å²) < 4.78 is 0. The first kappa shape index (κ1) is 12.4. The molecule has 4 heteroatoms. The van der Waals surface area contributed by atoms with Gasteiger partial charge in [-0.15, -0.1) is 11.3 Å². The maximum absolute atomic E-state index is 12.1. The highest BCUT2D eigenvalue weighted by Crippen LogP contribution is 2.25. The molecule has 0 unspecified atom stereocenters. The minimum Gasteiger partial charge on any atom is -0.349 e. The molecule has 1 aliphatic carbocycles. The molecule has 1 heterocycles. The van der Waals surface area contributed by atoms with E-state index in [4.69, 9.17) is 0 Å². The van der Waals surface area contributed by atoms with Crippen LogP contribution < -0.4 is 5.32 Å². The highest BCUT2D eigenvalue weighted by atomic mass is 32.1. The second-order valence-electron chi connectivity index (χ2n) is 4.85. The molecule has 98 valence electrons. The molecule has 1 aromatic heterocycles. The van der Waals surface area contributed by atoms with Gasteiger partial charge in [0.25, 0.3) is 5.91 Å². The van der Waals surface area contributed by atoms with Gasteiger partial charge >= 0.3 is 0 Å². The molecule has 1 saturated carbocycles. The molecule has 0 saturated heterocycles. The van der Waals surface area contributed by atoms with Crippen molar-refractivity contribution in [2.45, 2.75) is 31.7 Å². The van der Waals surface area contributed by atoms with Gasteiger partial charge in [-0.05, 0) is 12.8 Å². The van der Waals surface area contributed by atoms with Crippen molar-refractivity contribution in [1.82, 2.24) is 10.3 Å². The van der Waals surface area contributed by atoms with Gasteiger partial charge in [0.05, 0.1) is 6.20 Å². The molecule has 1 aromatic carbocycles. The van der Waals surface area contributed by atoms with Crippen LogP contribution in [0, 0.1) is 0 Å². The number of thiazole rings is 1. The third-order valence-electron chi connectivity index (χ3n) is 3.44. The Hall–Kier alpha value is -1.68. The fourth-order valence-corrected chi connectivity index (χ4v) is 3.24. The molecule has 0 bridgehead atoms. The summed E-state index contributed by atoms with van der Waals surface area (Å²) >= 11 is 1.45. The molecule has 0 radical (unpaired) electrons. The van der Waals surface area contributed by atoms with Crippen molar-refractivity contribution >= 4 is 17.2 Å². The predicted molar refractivity (Wildman–Crippen MR) is 77.3 cm³/mol. The normalized spacial score (nSPS) is 15.6. The average Bonchev–Trinajstić information content (AvgIpc) is 3.10. The molecule has 2 aromatic rings. The Morgan fingerprint density at radius 2 is 1.95 bits per heavy atom. The van der Waals surface area contributed by atoms with Gasteiger partial charge in [-0.25, -0.2) is 4.98 Å². The van der Waals surface area contributed by atoms with Crippen LogP contribution >= 0.6 is 11.3 Å². The van der Waals surface area contributed by atoms with Crippen molar-refractivity contribution in [3.63, 3.8) is 0 Å². The van der Waals surface area contributed by atoms with Crippen molar-refractivity contribution in [1.29, 1.82) is 0 Å². The zero-order valence-electron chi connectivity index (χ0n) is 10.6. The summed E-state index contributed by atoms with van der Waals surface area (Å²) in [5.41, 5.74) is 1.06. The Morgan fingerprint density at radius 1 is 1.21 bits per heavy atom. The number of nitrogens with zero attached hydrogens (tertiary/aromatic N) is 1. The van der Waals surface area contributed by atoms with Gasteiger partial charge < -0.3 is 5.32 Å². The van der Waals surface area contributed by atoms with Crippen LogP contribution in [0.4, 0.5) is 0 Å². The number of nitrogens with one attached hydrogen (secondary N) is 1. The molecule has 3 nitrogen and oxygen atoms in total. The van der Waals surface area contributed by atoms with E-state index >= 15 is 0 Å². The van der Waals surface area contributed by atoms with Crippen LogP contribution in [0.2, 0.25) is 0 Å². The highest BCUT2D eigenvalue weighted by Gasteiger charge is 2.19. The van der Waals surface area contributed by atoms with Crippen molar-refractivity contribution in [2.75, 3.05) is 0 Å². The van der Waals surface area contributed by atoms with E-state index < -0.39 is 0 Å². The summed E-state index contributed by atoms with van der Waals surface area (Å²) in [6.45, 7) is 0. The van der Waals surface area contributed by atoms with E-state index in [9.17, 15) is 4.79 Å². The lowest BCUT2D eigenvalue weighted by atomic mass is 10.2. The maximum atomic E-state index is 12.1. The summed E-state index contributed by atoms with van der Waals surface area (Å²) in [5, 5.41) is 3.99. The number of benzene rings is 1. The third-order valence-corrected chi connectivity index (χ3v) is 4.49. The zero-order chi connectivity index (χ0) is 13.1. The molecule has 1 fully saturated rings. The Morgan fingerprint density at radius 3 is 2.68 bits per heavy atom. The first-order valence-electron chi connectivity index (χ1n) is 6.65. The minimum absolute atomic E-state index is 0.0200. The summed E-state index contributed by atoms with van der Waals surface area (Å²) in [5.74, 6) is 0.0200. The number of hydrogen-bond acceptors (Lipinski definition) is 3. The molecule has 1 N–H and O–H groups in total. The fraction of sp³-hybridized carbons (Fsp3) is 0.333. The van der Waals surface area contributed by atoms with Gasteiger partial charge in [-0.2, -0.15) is 0 Å². The van der Waals surface area contributed by atoms with E-state index in [-0.39, 0.29) is 5.91 Å². The third kappa shape index (κ3) is 2.84. The van der Waals surface area contributed by atoms with Crippen LogP contribution in [0.5, 0.6) is 0 Å². The van der Waals surface area contributed by atoms with Gasteiger partial charge in [0.2, 0.25) is 0 Å². The zero-order valence-corrected chi connectivity index (χ0v) is 11.5. The van der Waals surface area contributed by atoms with Crippen LogP contribution in [-0.2, 0) is 0 Å². The second kappa shape index (κ2) is 5.53. The van der Waals surface area contributed by atoms with Crippen molar-refractivity contribution < 1.29 is 4.79 Å². The largest absolute Gasteiger partial charge is 0.349 e. The van der Waals surface area contributed by atoms with Crippen molar-refractivity contribution in [3.05, 3.63) is 41.4 Å². The number of carbonyl (C=O) groups excluding carboxylic acids is 1. The molecular weight excluding hydrogens is 256 g/mol. The Kier molecular flexibility index (Phi) is 3.60. The van der Waals surface area contributed by atoms with Crippen LogP contribution in [0.3, 0.4) is 0 Å². The van der Waals surface area contributed by atoms with Crippen LogP contribution in [0.1, 0.15) is 35.4 Å². The van der Waals surface area contributed by atoms with E-state index in [0.29, 0.717) is 10.9 Å². The lowest BCUT2D eigenvalue weighted by Gasteiger charge is -2.09. The molecular formula is C15H16N2OS. The van der Waals surface area contributed by atoms with Gasteiger partial charge in [-0.3, -0.25) is 4.79 Å². The fourth-order valence-electron chi connectivity index (χ4n) is 2.42. The molecule has 0 spiro atoms. The van der Waals surface area contributed by atoms with Crippen LogP contribution in [-0.4, -0.2) is 16.9 Å². The molecule has 0 atom stereocenters. The summed E-state index contributed by atoms with van der Waals surface area (Å²) in [6.07, 6.45) is 6.34. The standard InChI is InChI=1S/C15H16N2OS/c18-14(17-12-8-4-5-9-12)13-10-16-15(19-13)11-6-2-1-3-7-11/h1-3,6-7,10,12H,4-5,8-9H2,(H,17,18). The molecule has 0 aliphatic heterocycles. The number of rotatable bonds is 3. The van der Waals surface area contributed by atoms with Gasteiger partial charge in [0, 0.05) is 11.6 Å². The van der Waals surface area contributed by atoms with Gasteiger partial charge in [0.1, 0.15) is 9.88 Å². The Balaban J connectivity index is 1.72. The van der Waals surface area contributed by atoms with E-state index in [1.807, 2.05) is 30.3 Å². The van der Waals surface area contributed by atoms with E-state index in [1.54, 1.807) is 6.20 Å². The number of carbonyl (C=O) groups is 1. The number of amides is 1. The SMILES string of the molecule is O=C(NC1CCCC1)c1cnc(-c2ccccc2)s1. The molecule has 1 aliphatic rings. The van der Waals surface area contributed by atoms with Gasteiger partial charge in [0.15, 0.2) is 0 Å². The lowest BCUT2D eigenvalue weighted by Crippen LogP contribution is -2.31. The smallest absolute Gasteiger partial charge is 0.263 e. The Labute approximate surface area is 116 Å². The highest BCUT2D eigenvalue weighted by molar-refractivity contribution is 7.16. The maximum Gasteiger partial charge on any atom is 0.263 e. The number of aromatic nitrogens is 1. The predicted octanol–water partition coefficient (Wildman–Crippen LogP) is 3.48. The van der Waals surface area contributed by atoms with Crippen LogP contribution in [0.15, 0.2) is 36.5 Å². The molecule has 19 heavy (non-hydrogen) atoms. The average molecular weight is 272 g/mol. The first-order valence-corrected chi connectivity index (χ1v) is 7.47. The summed E-state index contributed by atoms with van der Waals surface area (Å²) in [4.78, 5) is 17.1. The van der Waals surface area contributed by atoms with Gasteiger partial charge in [-0.1, -0.05) is 43.2 Å². The van der Waals surface area contributed by atoms with Crippen molar-refractivity contribution in [3.8, 4) is 10.6 Å². The molecule has 3 rings (SSSR count). The second-order valence-corrected chi connectivity index (χ2v) is 5.88. The quantitative estimate of drug-likeness (QED) is 0.929.